The van der Waals surface area contributed by atoms with Crippen LogP contribution in [-0.2, 0) is 17.8 Å². The van der Waals surface area contributed by atoms with Crippen LogP contribution in [0.2, 0.25) is 0 Å². The van der Waals surface area contributed by atoms with Gasteiger partial charge in [0.05, 0.1) is 30.9 Å². The van der Waals surface area contributed by atoms with Crippen LogP contribution in [0.25, 0.3) is 0 Å². The van der Waals surface area contributed by atoms with Gasteiger partial charge in [-0.05, 0) is 66.1 Å². The van der Waals surface area contributed by atoms with Gasteiger partial charge in [-0.15, -0.1) is 6.58 Å². The number of non-ortho nitro benzene ring substituents is 1. The molecule has 0 saturated carbocycles. The van der Waals surface area contributed by atoms with Gasteiger partial charge < -0.3 is 19.1 Å². The maximum atomic E-state index is 10.9. The molecular weight excluding hydrogens is 458 g/mol. The number of aliphatic imine (C=N–C) groups is 1. The maximum absolute atomic E-state index is 10.9. The lowest BCUT2D eigenvalue weighted by atomic mass is 10.1. The van der Waals surface area contributed by atoms with Crippen molar-refractivity contribution in [2.75, 3.05) is 38.3 Å². The van der Waals surface area contributed by atoms with E-state index in [2.05, 4.69) is 28.6 Å². The highest BCUT2D eigenvalue weighted by Crippen LogP contribution is 2.34. The third kappa shape index (κ3) is 6.28. The van der Waals surface area contributed by atoms with Crippen molar-refractivity contribution < 1.29 is 19.1 Å². The molecule has 0 aromatic heterocycles. The molecule has 0 aliphatic carbocycles. The van der Waals surface area contributed by atoms with Gasteiger partial charge in [0.1, 0.15) is 6.61 Å². The average molecular weight is 488 g/mol. The quantitative estimate of drug-likeness (QED) is 0.162. The van der Waals surface area contributed by atoms with Crippen LogP contribution in [0.5, 0.6) is 11.5 Å². The largest absolute Gasteiger partial charge is 0.493 e. The van der Waals surface area contributed by atoms with Crippen molar-refractivity contribution in [2.45, 2.75) is 13.0 Å². The smallest absolute Gasteiger partial charge is 0.269 e. The lowest BCUT2D eigenvalue weighted by Gasteiger charge is -2.28. The van der Waals surface area contributed by atoms with E-state index in [1.807, 2.05) is 24.3 Å². The average Bonchev–Trinajstić information content (AvgIpc) is 2.92. The van der Waals surface area contributed by atoms with Gasteiger partial charge in [0.25, 0.3) is 5.69 Å². The van der Waals surface area contributed by atoms with Crippen LogP contribution in [0.3, 0.4) is 0 Å². The normalized spacial score (nSPS) is 13.5. The van der Waals surface area contributed by atoms with E-state index in [4.69, 9.17) is 14.2 Å². The molecule has 1 aliphatic heterocycles. The van der Waals surface area contributed by atoms with E-state index in [1.165, 1.54) is 17.8 Å². The number of nitro groups is 1. The predicted molar refractivity (Wildman–Crippen MR) is 141 cm³/mol. The van der Waals surface area contributed by atoms with Crippen molar-refractivity contribution in [3.8, 4) is 11.5 Å². The van der Waals surface area contributed by atoms with Crippen molar-refractivity contribution in [1.29, 1.82) is 0 Å². The van der Waals surface area contributed by atoms with Crippen molar-refractivity contribution in [1.82, 2.24) is 0 Å². The minimum Gasteiger partial charge on any atom is -0.493 e. The number of anilines is 1. The Kier molecular flexibility index (Phi) is 8.31. The monoisotopic (exact) mass is 487 g/mol. The molecule has 1 aliphatic rings. The highest BCUT2D eigenvalue weighted by molar-refractivity contribution is 5.84. The zero-order valence-electron chi connectivity index (χ0n) is 20.3. The molecule has 3 aromatic rings. The summed E-state index contributed by atoms with van der Waals surface area (Å²) in [5.74, 6) is 1.20. The van der Waals surface area contributed by atoms with E-state index in [0.717, 1.165) is 48.7 Å². The Balaban J connectivity index is 1.50. The summed E-state index contributed by atoms with van der Waals surface area (Å²) in [6, 6.07) is 18.3. The van der Waals surface area contributed by atoms with Crippen LogP contribution in [0.1, 0.15) is 16.7 Å². The second-order valence-electron chi connectivity index (χ2n) is 8.29. The summed E-state index contributed by atoms with van der Waals surface area (Å²) in [5.41, 5.74) is 4.68. The Morgan fingerprint density at radius 1 is 1.11 bits per heavy atom. The van der Waals surface area contributed by atoms with Gasteiger partial charge in [0.2, 0.25) is 0 Å². The molecule has 0 atom stereocenters. The van der Waals surface area contributed by atoms with Gasteiger partial charge in [0, 0.05) is 42.7 Å². The molecule has 0 spiro atoms. The van der Waals surface area contributed by atoms with E-state index < -0.39 is 4.92 Å². The standard InChI is InChI=1S/C28H29N3O5/c1-3-4-23-17-22(19-29-24-7-11-25(12-8-24)30-13-15-35-16-14-30)18-27(34-2)28(23)36-20-21-5-9-26(10-6-21)31(32)33/h3,5-12,17-19H,1,4,13-16,20H2,2H3. The lowest BCUT2D eigenvalue weighted by Crippen LogP contribution is -2.36. The zero-order valence-corrected chi connectivity index (χ0v) is 20.3. The summed E-state index contributed by atoms with van der Waals surface area (Å²) < 4.78 is 17.1. The molecular formula is C28H29N3O5. The van der Waals surface area contributed by atoms with Gasteiger partial charge in [0.15, 0.2) is 11.5 Å². The summed E-state index contributed by atoms with van der Waals surface area (Å²) in [7, 11) is 1.59. The van der Waals surface area contributed by atoms with E-state index >= 15 is 0 Å². The topological polar surface area (TPSA) is 86.4 Å². The number of allylic oxidation sites excluding steroid dienone is 1. The Morgan fingerprint density at radius 3 is 2.47 bits per heavy atom. The van der Waals surface area contributed by atoms with Crippen LogP contribution >= 0.6 is 0 Å². The van der Waals surface area contributed by atoms with Crippen LogP contribution < -0.4 is 14.4 Å². The molecule has 36 heavy (non-hydrogen) atoms. The van der Waals surface area contributed by atoms with Crippen molar-refractivity contribution in [2.24, 2.45) is 4.99 Å². The Morgan fingerprint density at radius 2 is 1.83 bits per heavy atom. The zero-order chi connectivity index (χ0) is 25.3. The highest BCUT2D eigenvalue weighted by Gasteiger charge is 2.14. The van der Waals surface area contributed by atoms with E-state index in [9.17, 15) is 10.1 Å². The molecule has 186 valence electrons. The molecule has 4 rings (SSSR count). The lowest BCUT2D eigenvalue weighted by molar-refractivity contribution is -0.384. The van der Waals surface area contributed by atoms with Crippen molar-refractivity contribution >= 4 is 23.3 Å². The number of hydrogen-bond donors (Lipinski definition) is 0. The molecule has 0 unspecified atom stereocenters. The fourth-order valence-electron chi connectivity index (χ4n) is 3.97. The Hall–Kier alpha value is -4.17. The third-order valence-corrected chi connectivity index (χ3v) is 5.86. The summed E-state index contributed by atoms with van der Waals surface area (Å²) >= 11 is 0. The first kappa shape index (κ1) is 24.9. The van der Waals surface area contributed by atoms with Crippen LogP contribution in [0, 0.1) is 10.1 Å². The maximum Gasteiger partial charge on any atom is 0.269 e. The van der Waals surface area contributed by atoms with E-state index in [1.54, 1.807) is 31.5 Å². The molecule has 0 radical (unpaired) electrons. The first-order chi connectivity index (χ1) is 17.6. The molecule has 8 heteroatoms. The summed E-state index contributed by atoms with van der Waals surface area (Å²) in [5, 5.41) is 10.9. The summed E-state index contributed by atoms with van der Waals surface area (Å²) in [6.07, 6.45) is 4.19. The fraction of sp³-hybridized carbons (Fsp3) is 0.250. The Labute approximate surface area is 210 Å². The minimum absolute atomic E-state index is 0.0445. The molecule has 1 saturated heterocycles. The Bertz CT molecular complexity index is 1220. The highest BCUT2D eigenvalue weighted by atomic mass is 16.6. The molecule has 0 N–H and O–H groups in total. The summed E-state index contributed by atoms with van der Waals surface area (Å²) in [6.45, 7) is 7.41. The van der Waals surface area contributed by atoms with E-state index in [0.29, 0.717) is 17.9 Å². The number of benzene rings is 3. The third-order valence-electron chi connectivity index (χ3n) is 5.86. The molecule has 0 bridgehead atoms. The fourth-order valence-corrected chi connectivity index (χ4v) is 3.97. The SMILES string of the molecule is C=CCc1cc(C=Nc2ccc(N3CCOCC3)cc2)cc(OC)c1OCc1ccc([N+](=O)[O-])cc1. The number of nitro benzene ring substituents is 1. The molecule has 1 heterocycles. The van der Waals surface area contributed by atoms with Gasteiger partial charge in [-0.1, -0.05) is 6.08 Å². The first-order valence-electron chi connectivity index (χ1n) is 11.7. The van der Waals surface area contributed by atoms with Gasteiger partial charge in [-0.25, -0.2) is 0 Å². The van der Waals surface area contributed by atoms with Gasteiger partial charge in [-0.2, -0.15) is 0 Å². The van der Waals surface area contributed by atoms with Crippen LogP contribution in [-0.4, -0.2) is 44.6 Å². The number of hydrogen-bond acceptors (Lipinski definition) is 7. The van der Waals surface area contributed by atoms with Gasteiger partial charge >= 0.3 is 0 Å². The predicted octanol–water partition coefficient (Wildman–Crippen LogP) is 5.50. The number of methoxy groups -OCH3 is 1. The van der Waals surface area contributed by atoms with Crippen molar-refractivity contribution in [3.63, 3.8) is 0 Å². The second-order valence-corrected chi connectivity index (χ2v) is 8.29. The first-order valence-corrected chi connectivity index (χ1v) is 11.7. The molecule has 3 aromatic carbocycles. The van der Waals surface area contributed by atoms with Crippen LogP contribution in [0.15, 0.2) is 78.3 Å². The molecule has 1 fully saturated rings. The van der Waals surface area contributed by atoms with Gasteiger partial charge in [-0.3, -0.25) is 15.1 Å². The second kappa shape index (κ2) is 12.0. The number of morpholine rings is 1. The van der Waals surface area contributed by atoms with Crippen molar-refractivity contribution in [3.05, 3.63) is 100 Å². The molecule has 0 amide bonds. The number of rotatable bonds is 10. The number of nitrogens with zero attached hydrogens (tertiary/aromatic N) is 3. The van der Waals surface area contributed by atoms with Crippen LogP contribution in [0.4, 0.5) is 17.1 Å². The van der Waals surface area contributed by atoms with E-state index in [-0.39, 0.29) is 12.3 Å². The minimum atomic E-state index is -0.422. The molecule has 8 nitrogen and oxygen atoms in total. The number of ether oxygens (including phenoxy) is 3. The summed E-state index contributed by atoms with van der Waals surface area (Å²) in [4.78, 5) is 17.4.